The highest BCUT2D eigenvalue weighted by molar-refractivity contribution is 5.95. The average Bonchev–Trinajstić information content (AvgIpc) is 2.70. The Bertz CT molecular complexity index is 1080. The lowest BCUT2D eigenvalue weighted by atomic mass is 10.1. The third-order valence-electron chi connectivity index (χ3n) is 4.50. The molecule has 0 aliphatic rings. The van der Waals surface area contributed by atoms with Crippen molar-refractivity contribution in [3.05, 3.63) is 46.6 Å². The van der Waals surface area contributed by atoms with Gasteiger partial charge in [-0.05, 0) is 6.42 Å². The molecule has 0 amide bonds. The van der Waals surface area contributed by atoms with Crippen molar-refractivity contribution in [2.45, 2.75) is 20.3 Å². The first kappa shape index (κ1) is 19.3. The molecule has 0 bridgehead atoms. The normalized spacial score (nSPS) is 12.0. The smallest absolute Gasteiger partial charge is 0.314 e. The lowest BCUT2D eigenvalue weighted by Gasteiger charge is -2.15. The van der Waals surface area contributed by atoms with E-state index in [4.69, 9.17) is 13.9 Å². The Hall–Kier alpha value is -3.48. The van der Waals surface area contributed by atoms with Crippen LogP contribution >= 0.6 is 0 Å². The third-order valence-corrected chi connectivity index (χ3v) is 4.50. The molecule has 1 heterocycles. The number of benzene rings is 2. The van der Waals surface area contributed by atoms with Crippen LogP contribution in [0, 0.1) is 5.92 Å². The minimum Gasteiger partial charge on any atom is -0.507 e. The minimum absolute atomic E-state index is 0.0893. The van der Waals surface area contributed by atoms with Gasteiger partial charge in [-0.15, -0.1) is 0 Å². The van der Waals surface area contributed by atoms with Crippen LogP contribution in [0.15, 0.2) is 45.6 Å². The predicted octanol–water partition coefficient (Wildman–Crippen LogP) is 3.83. The summed E-state index contributed by atoms with van der Waals surface area (Å²) in [5, 5.41) is 20.2. The first-order chi connectivity index (χ1) is 13.4. The maximum Gasteiger partial charge on any atom is 0.314 e. The fraction of sp³-hybridized carbons (Fsp3) is 0.238. The molecule has 0 aliphatic heterocycles. The van der Waals surface area contributed by atoms with Gasteiger partial charge in [0.05, 0.1) is 13.0 Å². The van der Waals surface area contributed by atoms with Crippen molar-refractivity contribution in [3.63, 3.8) is 0 Å². The van der Waals surface area contributed by atoms with E-state index in [1.54, 1.807) is 37.3 Å². The number of rotatable bonds is 5. The van der Waals surface area contributed by atoms with Crippen LogP contribution in [-0.2, 0) is 4.79 Å². The number of carbonyl (C=O) groups excluding carboxylic acids is 1. The number of carbonyl (C=O) groups is 1. The molecule has 2 N–H and O–H groups in total. The number of aromatic hydroxyl groups is 2. The zero-order chi connectivity index (χ0) is 20.4. The summed E-state index contributed by atoms with van der Waals surface area (Å²) in [6.45, 7) is 3.50. The van der Waals surface area contributed by atoms with Crippen LogP contribution in [-0.4, -0.2) is 23.3 Å². The summed E-state index contributed by atoms with van der Waals surface area (Å²) in [4.78, 5) is 25.2. The third kappa shape index (κ3) is 3.26. The van der Waals surface area contributed by atoms with Gasteiger partial charge in [0.2, 0.25) is 16.9 Å². The fourth-order valence-electron chi connectivity index (χ4n) is 2.73. The standard InChI is InChI=1S/C21H20O7/c1-4-11(2)21(25)28-18-14(23)10-13(22)15-16(24)20(26-3)17(27-19(15)18)12-8-6-5-7-9-12/h5-11,22-23H,4H2,1-3H3/t11-/m1/s1. The molecule has 28 heavy (non-hydrogen) atoms. The van der Waals surface area contributed by atoms with Crippen LogP contribution in [0.1, 0.15) is 20.3 Å². The molecule has 0 saturated heterocycles. The number of esters is 1. The molecule has 146 valence electrons. The van der Waals surface area contributed by atoms with Gasteiger partial charge in [0.1, 0.15) is 11.1 Å². The lowest BCUT2D eigenvalue weighted by molar-refractivity contribution is -0.138. The molecule has 7 heteroatoms. The Kier molecular flexibility index (Phi) is 5.26. The molecule has 0 unspecified atom stereocenters. The van der Waals surface area contributed by atoms with Crippen molar-refractivity contribution >= 4 is 16.9 Å². The summed E-state index contributed by atoms with van der Waals surface area (Å²) in [5.74, 6) is -2.40. The van der Waals surface area contributed by atoms with E-state index in [0.29, 0.717) is 12.0 Å². The van der Waals surface area contributed by atoms with Gasteiger partial charge in [-0.3, -0.25) is 9.59 Å². The molecular formula is C21H20O7. The highest BCUT2D eigenvalue weighted by Gasteiger charge is 2.26. The molecule has 0 aliphatic carbocycles. The average molecular weight is 384 g/mol. The minimum atomic E-state index is -0.652. The summed E-state index contributed by atoms with van der Waals surface area (Å²) in [5.41, 5.74) is -0.347. The lowest BCUT2D eigenvalue weighted by Crippen LogP contribution is -2.17. The number of phenolic OH excluding ortho intramolecular Hbond substituents is 2. The van der Waals surface area contributed by atoms with Gasteiger partial charge in [0.15, 0.2) is 17.1 Å². The molecule has 2 aromatic carbocycles. The fourth-order valence-corrected chi connectivity index (χ4v) is 2.73. The van der Waals surface area contributed by atoms with E-state index < -0.39 is 28.8 Å². The van der Waals surface area contributed by atoms with Crippen LogP contribution in [0.3, 0.4) is 0 Å². The van der Waals surface area contributed by atoms with E-state index in [1.165, 1.54) is 7.11 Å². The Balaban J connectivity index is 2.35. The summed E-state index contributed by atoms with van der Waals surface area (Å²) >= 11 is 0. The van der Waals surface area contributed by atoms with Gasteiger partial charge in [-0.2, -0.15) is 0 Å². The SMILES string of the molecule is CC[C@@H](C)C(=O)Oc1c(O)cc(O)c2c(=O)c(OC)c(-c3ccccc3)oc12. The number of methoxy groups -OCH3 is 1. The molecule has 3 aromatic rings. The monoisotopic (exact) mass is 384 g/mol. The van der Waals surface area contributed by atoms with Crippen LogP contribution in [0.25, 0.3) is 22.3 Å². The van der Waals surface area contributed by atoms with Crippen LogP contribution in [0.5, 0.6) is 23.0 Å². The van der Waals surface area contributed by atoms with Crippen molar-refractivity contribution in [1.82, 2.24) is 0 Å². The molecule has 0 fully saturated rings. The second kappa shape index (κ2) is 7.64. The van der Waals surface area contributed by atoms with E-state index in [9.17, 15) is 19.8 Å². The number of hydrogen-bond donors (Lipinski definition) is 2. The summed E-state index contributed by atoms with van der Waals surface area (Å²) < 4.78 is 16.4. The van der Waals surface area contributed by atoms with E-state index in [2.05, 4.69) is 0 Å². The van der Waals surface area contributed by atoms with Gasteiger partial charge in [0.25, 0.3) is 0 Å². The highest BCUT2D eigenvalue weighted by atomic mass is 16.5. The molecule has 0 spiro atoms. The zero-order valence-corrected chi connectivity index (χ0v) is 15.7. The zero-order valence-electron chi connectivity index (χ0n) is 15.7. The molecule has 1 atom stereocenters. The van der Waals surface area contributed by atoms with E-state index >= 15 is 0 Å². The number of fused-ring (bicyclic) bond motifs is 1. The quantitative estimate of drug-likeness (QED) is 0.508. The number of phenols is 2. The second-order valence-corrected chi connectivity index (χ2v) is 6.34. The van der Waals surface area contributed by atoms with E-state index in [-0.39, 0.29) is 28.2 Å². The first-order valence-electron chi connectivity index (χ1n) is 8.75. The highest BCUT2D eigenvalue weighted by Crippen LogP contribution is 2.43. The van der Waals surface area contributed by atoms with E-state index in [1.807, 2.05) is 6.92 Å². The largest absolute Gasteiger partial charge is 0.507 e. The Morgan fingerprint density at radius 2 is 1.82 bits per heavy atom. The maximum atomic E-state index is 12.9. The molecule has 3 rings (SSSR count). The molecule has 1 aromatic heterocycles. The van der Waals surface area contributed by atoms with Crippen molar-refractivity contribution in [2.75, 3.05) is 7.11 Å². The van der Waals surface area contributed by atoms with Crippen molar-refractivity contribution in [3.8, 4) is 34.3 Å². The van der Waals surface area contributed by atoms with Gasteiger partial charge in [-0.1, -0.05) is 44.2 Å². The summed E-state index contributed by atoms with van der Waals surface area (Å²) in [7, 11) is 1.31. The van der Waals surface area contributed by atoms with E-state index in [0.717, 1.165) is 6.07 Å². The number of hydrogen-bond acceptors (Lipinski definition) is 7. The summed E-state index contributed by atoms with van der Waals surface area (Å²) in [6, 6.07) is 9.65. The van der Waals surface area contributed by atoms with Gasteiger partial charge < -0.3 is 24.1 Å². The van der Waals surface area contributed by atoms with Gasteiger partial charge >= 0.3 is 5.97 Å². The second-order valence-electron chi connectivity index (χ2n) is 6.34. The molecule has 0 radical (unpaired) electrons. The summed E-state index contributed by atoms with van der Waals surface area (Å²) in [6.07, 6.45) is 0.530. The Morgan fingerprint density at radius 1 is 1.14 bits per heavy atom. The van der Waals surface area contributed by atoms with Gasteiger partial charge in [-0.25, -0.2) is 0 Å². The predicted molar refractivity (Wildman–Crippen MR) is 103 cm³/mol. The van der Waals surface area contributed by atoms with Crippen LogP contribution in [0.2, 0.25) is 0 Å². The van der Waals surface area contributed by atoms with Gasteiger partial charge in [0, 0.05) is 11.6 Å². The van der Waals surface area contributed by atoms with Crippen LogP contribution < -0.4 is 14.9 Å². The number of ether oxygens (including phenoxy) is 2. The molecule has 7 nitrogen and oxygen atoms in total. The maximum absolute atomic E-state index is 12.9. The van der Waals surface area contributed by atoms with Crippen molar-refractivity contribution < 1.29 is 28.9 Å². The molecular weight excluding hydrogens is 364 g/mol. The topological polar surface area (TPSA) is 106 Å². The first-order valence-corrected chi connectivity index (χ1v) is 8.75. The Labute approximate surface area is 160 Å². The van der Waals surface area contributed by atoms with Crippen molar-refractivity contribution in [1.29, 1.82) is 0 Å². The molecule has 0 saturated carbocycles. The Morgan fingerprint density at radius 3 is 2.43 bits per heavy atom. The van der Waals surface area contributed by atoms with Crippen molar-refractivity contribution in [2.24, 2.45) is 5.92 Å². The van der Waals surface area contributed by atoms with Crippen LogP contribution in [0.4, 0.5) is 0 Å².